The molecule has 1 N–H and O–H groups in total. The summed E-state index contributed by atoms with van der Waals surface area (Å²) in [5.74, 6) is 1.60. The lowest BCUT2D eigenvalue weighted by molar-refractivity contribution is 0.320. The Morgan fingerprint density at radius 2 is 2.10 bits per heavy atom. The maximum Gasteiger partial charge on any atom is 0.0438 e. The van der Waals surface area contributed by atoms with Crippen molar-refractivity contribution >= 4 is 27.1 Å². The Balaban J connectivity index is 1.66. The minimum Gasteiger partial charge on any atom is -0.365 e. The zero-order valence-electron chi connectivity index (χ0n) is 12.9. The fourth-order valence-corrected chi connectivity index (χ4v) is 4.40. The first kappa shape index (κ1) is 13.6. The largest absolute Gasteiger partial charge is 0.365 e. The number of thiophene rings is 1. The molecule has 1 aromatic heterocycles. The van der Waals surface area contributed by atoms with Crippen LogP contribution in [0, 0.1) is 11.8 Å². The van der Waals surface area contributed by atoms with Crippen molar-refractivity contribution in [2.24, 2.45) is 11.8 Å². The van der Waals surface area contributed by atoms with E-state index in [0.717, 1.165) is 12.5 Å². The van der Waals surface area contributed by atoms with Crippen molar-refractivity contribution < 1.29 is 0 Å². The zero-order chi connectivity index (χ0) is 14.4. The summed E-state index contributed by atoms with van der Waals surface area (Å²) >= 11 is 1.83. The van der Waals surface area contributed by atoms with Crippen LogP contribution in [-0.4, -0.2) is 25.2 Å². The summed E-state index contributed by atoms with van der Waals surface area (Å²) in [6.45, 7) is 6.99. The highest BCUT2D eigenvalue weighted by Crippen LogP contribution is 2.36. The van der Waals surface area contributed by atoms with Crippen LogP contribution in [0.25, 0.3) is 10.1 Å². The fourth-order valence-electron chi connectivity index (χ4n) is 3.63. The van der Waals surface area contributed by atoms with E-state index >= 15 is 0 Å². The first-order valence-corrected chi connectivity index (χ1v) is 9.07. The first-order chi connectivity index (χ1) is 10.2. The molecule has 2 atom stereocenters. The van der Waals surface area contributed by atoms with E-state index in [-0.39, 0.29) is 0 Å². The van der Waals surface area contributed by atoms with Gasteiger partial charge in [0, 0.05) is 35.6 Å². The Labute approximate surface area is 131 Å². The van der Waals surface area contributed by atoms with Crippen molar-refractivity contribution in [2.75, 3.05) is 18.0 Å². The van der Waals surface area contributed by atoms with Gasteiger partial charge in [-0.15, -0.1) is 11.3 Å². The Kier molecular flexibility index (Phi) is 3.43. The van der Waals surface area contributed by atoms with E-state index in [1.807, 2.05) is 11.3 Å². The Hall–Kier alpha value is -1.06. The van der Waals surface area contributed by atoms with Crippen molar-refractivity contribution in [1.82, 2.24) is 5.32 Å². The molecule has 0 spiro atoms. The smallest absolute Gasteiger partial charge is 0.0438 e. The third kappa shape index (κ3) is 2.58. The number of nitrogens with zero attached hydrogens (tertiary/aromatic N) is 1. The van der Waals surface area contributed by atoms with Crippen LogP contribution in [0.2, 0.25) is 0 Å². The molecule has 2 unspecified atom stereocenters. The SMILES string of the molecule is CC(C)C1CNC(C2CC2)CN1c1ccc2sccc2c1. The zero-order valence-corrected chi connectivity index (χ0v) is 13.7. The maximum absolute atomic E-state index is 3.80. The van der Waals surface area contributed by atoms with E-state index in [1.165, 1.54) is 35.2 Å². The highest BCUT2D eigenvalue weighted by molar-refractivity contribution is 7.17. The number of piperazine rings is 1. The second-order valence-corrected chi connectivity index (χ2v) is 7.91. The molecule has 0 bridgehead atoms. The maximum atomic E-state index is 3.80. The summed E-state index contributed by atoms with van der Waals surface area (Å²) in [6, 6.07) is 10.5. The van der Waals surface area contributed by atoms with E-state index < -0.39 is 0 Å². The molecule has 1 saturated carbocycles. The van der Waals surface area contributed by atoms with Gasteiger partial charge in [-0.1, -0.05) is 13.8 Å². The first-order valence-electron chi connectivity index (χ1n) is 8.19. The van der Waals surface area contributed by atoms with Crippen LogP contribution in [0.1, 0.15) is 26.7 Å². The van der Waals surface area contributed by atoms with E-state index in [0.29, 0.717) is 18.0 Å². The number of nitrogens with one attached hydrogen (secondary N) is 1. The second kappa shape index (κ2) is 5.29. The third-order valence-electron chi connectivity index (χ3n) is 5.11. The van der Waals surface area contributed by atoms with Crippen LogP contribution in [0.15, 0.2) is 29.6 Å². The van der Waals surface area contributed by atoms with Gasteiger partial charge >= 0.3 is 0 Å². The van der Waals surface area contributed by atoms with Crippen molar-refractivity contribution in [3.63, 3.8) is 0 Å². The predicted octanol–water partition coefficient (Wildman–Crippen LogP) is 4.11. The fraction of sp³-hybridized carbons (Fsp3) is 0.556. The number of rotatable bonds is 3. The highest BCUT2D eigenvalue weighted by atomic mass is 32.1. The summed E-state index contributed by atoms with van der Waals surface area (Å²) in [5, 5.41) is 7.39. The van der Waals surface area contributed by atoms with Gasteiger partial charge in [-0.2, -0.15) is 0 Å². The molecule has 1 aliphatic heterocycles. The average Bonchev–Trinajstić information content (AvgIpc) is 3.24. The van der Waals surface area contributed by atoms with E-state index in [1.54, 1.807) is 0 Å². The molecule has 1 aliphatic carbocycles. The van der Waals surface area contributed by atoms with Gasteiger partial charge in [0.15, 0.2) is 0 Å². The summed E-state index contributed by atoms with van der Waals surface area (Å²) in [5.41, 5.74) is 1.41. The molecule has 0 amide bonds. The second-order valence-electron chi connectivity index (χ2n) is 6.96. The van der Waals surface area contributed by atoms with Crippen LogP contribution in [0.5, 0.6) is 0 Å². The van der Waals surface area contributed by atoms with Crippen LogP contribution in [0.3, 0.4) is 0 Å². The van der Waals surface area contributed by atoms with E-state index in [2.05, 4.69) is 53.7 Å². The number of anilines is 1. The van der Waals surface area contributed by atoms with E-state index in [4.69, 9.17) is 0 Å². The van der Waals surface area contributed by atoms with Gasteiger partial charge in [-0.05, 0) is 59.7 Å². The quantitative estimate of drug-likeness (QED) is 0.917. The number of benzene rings is 1. The van der Waals surface area contributed by atoms with Crippen LogP contribution >= 0.6 is 11.3 Å². The lowest BCUT2D eigenvalue weighted by Crippen LogP contribution is -2.59. The summed E-state index contributed by atoms with van der Waals surface area (Å²) < 4.78 is 1.40. The van der Waals surface area contributed by atoms with Gasteiger partial charge in [-0.25, -0.2) is 0 Å². The minimum atomic E-state index is 0.607. The molecule has 2 heterocycles. The molecule has 21 heavy (non-hydrogen) atoms. The predicted molar refractivity (Wildman–Crippen MR) is 92.3 cm³/mol. The van der Waals surface area contributed by atoms with Gasteiger partial charge < -0.3 is 10.2 Å². The molecule has 3 heteroatoms. The van der Waals surface area contributed by atoms with Crippen molar-refractivity contribution in [2.45, 2.75) is 38.8 Å². The highest BCUT2D eigenvalue weighted by Gasteiger charge is 2.38. The van der Waals surface area contributed by atoms with Crippen molar-refractivity contribution in [1.29, 1.82) is 0 Å². The van der Waals surface area contributed by atoms with Gasteiger partial charge in [0.05, 0.1) is 0 Å². The summed E-state index contributed by atoms with van der Waals surface area (Å²) in [7, 11) is 0. The molecule has 2 nitrogen and oxygen atoms in total. The molecule has 2 aromatic rings. The Morgan fingerprint density at radius 1 is 1.24 bits per heavy atom. The van der Waals surface area contributed by atoms with Gasteiger partial charge in [0.2, 0.25) is 0 Å². The third-order valence-corrected chi connectivity index (χ3v) is 6.01. The molecule has 2 aliphatic rings. The normalized spacial score (nSPS) is 26.7. The van der Waals surface area contributed by atoms with Gasteiger partial charge in [0.25, 0.3) is 0 Å². The molecular formula is C18H24N2S. The van der Waals surface area contributed by atoms with Crippen molar-refractivity contribution in [3.8, 4) is 0 Å². The molecular weight excluding hydrogens is 276 g/mol. The standard InChI is InChI=1S/C18H24N2S/c1-12(2)17-10-19-16(13-3-4-13)11-20(17)15-5-6-18-14(9-15)7-8-21-18/h5-9,12-13,16-17,19H,3-4,10-11H2,1-2H3. The summed E-state index contributed by atoms with van der Waals surface area (Å²) in [4.78, 5) is 2.67. The lowest BCUT2D eigenvalue weighted by Gasteiger charge is -2.44. The Bertz CT molecular complexity index is 629. The minimum absolute atomic E-state index is 0.607. The molecule has 1 aromatic carbocycles. The average molecular weight is 300 g/mol. The van der Waals surface area contributed by atoms with E-state index in [9.17, 15) is 0 Å². The molecule has 4 rings (SSSR count). The van der Waals surface area contributed by atoms with Crippen LogP contribution in [0.4, 0.5) is 5.69 Å². The topological polar surface area (TPSA) is 15.3 Å². The van der Waals surface area contributed by atoms with Crippen molar-refractivity contribution in [3.05, 3.63) is 29.6 Å². The van der Waals surface area contributed by atoms with Gasteiger partial charge in [-0.3, -0.25) is 0 Å². The number of hydrogen-bond donors (Lipinski definition) is 1. The van der Waals surface area contributed by atoms with Crippen LogP contribution in [-0.2, 0) is 0 Å². The monoisotopic (exact) mass is 300 g/mol. The Morgan fingerprint density at radius 3 is 2.86 bits per heavy atom. The number of fused-ring (bicyclic) bond motifs is 1. The molecule has 2 fully saturated rings. The van der Waals surface area contributed by atoms with Gasteiger partial charge in [0.1, 0.15) is 0 Å². The molecule has 0 radical (unpaired) electrons. The number of hydrogen-bond acceptors (Lipinski definition) is 3. The molecule has 112 valence electrons. The van der Waals surface area contributed by atoms with Crippen LogP contribution < -0.4 is 10.2 Å². The lowest BCUT2D eigenvalue weighted by atomic mass is 9.96. The molecule has 1 saturated heterocycles. The summed E-state index contributed by atoms with van der Waals surface area (Å²) in [6.07, 6.45) is 2.84.